The summed E-state index contributed by atoms with van der Waals surface area (Å²) in [7, 11) is 0. The number of anilines is 3. The van der Waals surface area contributed by atoms with Crippen molar-refractivity contribution >= 4 is 40.7 Å². The van der Waals surface area contributed by atoms with E-state index in [2.05, 4.69) is 20.4 Å². The Morgan fingerprint density at radius 2 is 0.955 bits per heavy atom. The monoisotopic (exact) mass is 911 g/mol. The molecule has 11 nitrogen and oxygen atoms in total. The number of nitrogens with zero attached hydrogens (tertiary/aromatic N) is 5. The third kappa shape index (κ3) is 11.6. The minimum absolute atomic E-state index is 0.0768. The number of carbonyl (C=O) groups is 4. The zero-order valence-electron chi connectivity index (χ0n) is 39.0. The molecule has 2 heterocycles. The van der Waals surface area contributed by atoms with Crippen molar-refractivity contribution in [2.75, 3.05) is 54.8 Å². The van der Waals surface area contributed by atoms with E-state index in [0.717, 1.165) is 41.2 Å². The largest absolute Gasteiger partial charge is 0.363 e. The molecule has 2 aliphatic heterocycles. The lowest BCUT2D eigenvalue weighted by atomic mass is 10.0. The van der Waals surface area contributed by atoms with E-state index in [9.17, 15) is 28.0 Å². The van der Waals surface area contributed by atoms with Gasteiger partial charge in [0.25, 0.3) is 0 Å². The Balaban J connectivity index is 1.00. The molecule has 2 unspecified atom stereocenters. The maximum absolute atomic E-state index is 14.7. The molecule has 0 saturated carbocycles. The molecule has 7 rings (SSSR count). The Morgan fingerprint density at radius 1 is 0.552 bits per heavy atom. The van der Waals surface area contributed by atoms with Crippen LogP contribution in [0.25, 0.3) is 0 Å². The number of likely N-dealkylation sites (tertiary alicyclic amines) is 2. The molecule has 4 atom stereocenters. The van der Waals surface area contributed by atoms with Gasteiger partial charge >= 0.3 is 0 Å². The summed E-state index contributed by atoms with van der Waals surface area (Å²) in [5.41, 5.74) is 5.17. The summed E-state index contributed by atoms with van der Waals surface area (Å²) < 4.78 is 28.8. The maximum atomic E-state index is 14.7. The highest BCUT2D eigenvalue weighted by Crippen LogP contribution is 2.31. The lowest BCUT2D eigenvalue weighted by Crippen LogP contribution is -2.48. The van der Waals surface area contributed by atoms with E-state index in [0.29, 0.717) is 82.3 Å². The van der Waals surface area contributed by atoms with Gasteiger partial charge in [0.15, 0.2) is 11.6 Å². The average Bonchev–Trinajstić information content (AvgIpc) is 4.06. The van der Waals surface area contributed by atoms with Crippen molar-refractivity contribution in [2.45, 2.75) is 90.6 Å². The van der Waals surface area contributed by atoms with Crippen LogP contribution < -0.4 is 15.5 Å². The third-order valence-electron chi connectivity index (χ3n) is 13.2. The molecule has 352 valence electrons. The number of nitrogens with one attached hydrogen (secondary N) is 2. The number of rotatable bonds is 19. The Kier molecular flexibility index (Phi) is 16.5. The molecular formula is C54H63F2N7O4. The van der Waals surface area contributed by atoms with Crippen LogP contribution in [0.1, 0.15) is 87.7 Å². The van der Waals surface area contributed by atoms with Crippen LogP contribution in [0.5, 0.6) is 0 Å². The van der Waals surface area contributed by atoms with Crippen molar-refractivity contribution in [1.82, 2.24) is 19.6 Å². The summed E-state index contributed by atoms with van der Waals surface area (Å²) in [6.45, 7) is 12.6. The molecule has 2 aliphatic rings. The standard InChI is InChI=1S/C54H63F2N7O4/c1-5-59(6-2)49(40-17-11-9-12-18-40)53(66)62-33-15-21-47(62)51(64)57-42-27-23-38(24-28-42)36-61(44-31-32-45(55)46(56)35-44)37-39-25-29-43(30-26-39)58-52(65)48-22-16-34-63(48)54(67)50(60(7-3)8-4)41-19-13-10-14-20-41/h9-14,17-20,23-32,35,47-50H,5-8,15-16,21-22,33-34,36-37H2,1-4H3,(H,57,64)(H,58,65)/t47?,48?,49-,50-/m1/s1. The summed E-state index contributed by atoms with van der Waals surface area (Å²) in [5.74, 6) is -2.54. The highest BCUT2D eigenvalue weighted by molar-refractivity contribution is 5.99. The van der Waals surface area contributed by atoms with E-state index in [1.807, 2.05) is 142 Å². The Morgan fingerprint density at radius 3 is 1.33 bits per heavy atom. The van der Waals surface area contributed by atoms with E-state index in [1.54, 1.807) is 9.80 Å². The quantitative estimate of drug-likeness (QED) is 0.0851. The first-order valence-electron chi connectivity index (χ1n) is 23.7. The van der Waals surface area contributed by atoms with Crippen molar-refractivity contribution in [3.8, 4) is 0 Å². The minimum Gasteiger partial charge on any atom is -0.363 e. The van der Waals surface area contributed by atoms with Gasteiger partial charge < -0.3 is 25.3 Å². The van der Waals surface area contributed by atoms with Crippen molar-refractivity contribution in [3.63, 3.8) is 0 Å². The van der Waals surface area contributed by atoms with Gasteiger partial charge in [-0.1, -0.05) is 113 Å². The number of carbonyl (C=O) groups excluding carboxylic acids is 4. The predicted molar refractivity (Wildman–Crippen MR) is 260 cm³/mol. The molecular weight excluding hydrogens is 849 g/mol. The Labute approximate surface area is 393 Å². The van der Waals surface area contributed by atoms with Gasteiger partial charge in [-0.15, -0.1) is 0 Å². The average molecular weight is 912 g/mol. The number of benzene rings is 5. The number of amides is 4. The van der Waals surface area contributed by atoms with Gasteiger partial charge in [0.05, 0.1) is 0 Å². The number of likely N-dealkylation sites (N-methyl/N-ethyl adjacent to an activating group) is 2. The van der Waals surface area contributed by atoms with Crippen molar-refractivity contribution in [2.24, 2.45) is 0 Å². The minimum atomic E-state index is -0.961. The lowest BCUT2D eigenvalue weighted by Gasteiger charge is -2.34. The number of hydrogen-bond donors (Lipinski definition) is 2. The van der Waals surface area contributed by atoms with Gasteiger partial charge in [-0.2, -0.15) is 0 Å². The van der Waals surface area contributed by atoms with Gasteiger partial charge in [0, 0.05) is 49.3 Å². The first-order chi connectivity index (χ1) is 32.5. The molecule has 2 fully saturated rings. The lowest BCUT2D eigenvalue weighted by molar-refractivity contribution is -0.141. The molecule has 2 N–H and O–H groups in total. The Hall–Kier alpha value is -6.44. The van der Waals surface area contributed by atoms with Gasteiger partial charge in [-0.3, -0.25) is 29.0 Å². The van der Waals surface area contributed by atoms with Gasteiger partial charge in [-0.25, -0.2) is 8.78 Å². The van der Waals surface area contributed by atoms with Crippen molar-refractivity contribution < 1.29 is 28.0 Å². The molecule has 0 aromatic heterocycles. The van der Waals surface area contributed by atoms with E-state index in [1.165, 1.54) is 12.1 Å². The second-order valence-electron chi connectivity index (χ2n) is 17.3. The van der Waals surface area contributed by atoms with Crippen molar-refractivity contribution in [1.29, 1.82) is 0 Å². The fraction of sp³-hybridized carbons (Fsp3) is 0.370. The number of hydrogen-bond acceptors (Lipinski definition) is 7. The molecule has 2 saturated heterocycles. The molecule has 0 aliphatic carbocycles. The van der Waals surface area contributed by atoms with Crippen molar-refractivity contribution in [3.05, 3.63) is 161 Å². The first-order valence-corrected chi connectivity index (χ1v) is 23.7. The zero-order valence-corrected chi connectivity index (χ0v) is 39.0. The summed E-state index contributed by atoms with van der Waals surface area (Å²) in [6, 6.07) is 35.8. The topological polar surface area (TPSA) is 109 Å². The Bertz CT molecular complexity index is 2290. The van der Waals surface area contributed by atoms with Crippen LogP contribution in [0, 0.1) is 11.6 Å². The molecule has 4 amide bonds. The number of halogens is 2. The molecule has 5 aromatic rings. The second-order valence-corrected chi connectivity index (χ2v) is 17.3. The van der Waals surface area contributed by atoms with E-state index < -0.39 is 35.8 Å². The van der Waals surface area contributed by atoms with Crippen LogP contribution in [-0.4, -0.2) is 94.6 Å². The van der Waals surface area contributed by atoms with Crippen LogP contribution in [0.15, 0.2) is 127 Å². The molecule has 0 radical (unpaired) electrons. The van der Waals surface area contributed by atoms with Gasteiger partial charge in [-0.05, 0) is 111 Å². The highest BCUT2D eigenvalue weighted by atomic mass is 19.2. The molecule has 0 spiro atoms. The SMILES string of the molecule is CCN(CC)[C@@H](C(=O)N1CCCC1C(=O)Nc1ccc(CN(Cc2ccc(NC(=O)C3CCCN3C(=O)[C@@H](c3ccccc3)N(CC)CC)cc2)c2ccc(F)c(F)c2)cc1)c1ccccc1. The smallest absolute Gasteiger partial charge is 0.247 e. The summed E-state index contributed by atoms with van der Waals surface area (Å²) >= 11 is 0. The van der Waals surface area contributed by atoms with Gasteiger partial charge in [0.1, 0.15) is 24.2 Å². The van der Waals surface area contributed by atoms with Crippen LogP contribution >= 0.6 is 0 Å². The zero-order chi connectivity index (χ0) is 47.5. The van der Waals surface area contributed by atoms with Gasteiger partial charge in [0.2, 0.25) is 23.6 Å². The highest BCUT2D eigenvalue weighted by Gasteiger charge is 2.41. The third-order valence-corrected chi connectivity index (χ3v) is 13.2. The summed E-state index contributed by atoms with van der Waals surface area (Å²) in [4.78, 5) is 65.5. The summed E-state index contributed by atoms with van der Waals surface area (Å²) in [5, 5.41) is 6.07. The van der Waals surface area contributed by atoms with Crippen LogP contribution in [-0.2, 0) is 32.3 Å². The van der Waals surface area contributed by atoms with E-state index in [-0.39, 0.29) is 23.6 Å². The normalized spacial score (nSPS) is 16.8. The van der Waals surface area contributed by atoms with Crippen LogP contribution in [0.3, 0.4) is 0 Å². The fourth-order valence-electron chi connectivity index (χ4n) is 9.59. The van der Waals surface area contributed by atoms with E-state index >= 15 is 0 Å². The van der Waals surface area contributed by atoms with E-state index in [4.69, 9.17) is 0 Å². The molecule has 5 aromatic carbocycles. The second kappa shape index (κ2) is 22.8. The molecule has 0 bridgehead atoms. The first kappa shape index (κ1) is 48.5. The molecule has 13 heteroatoms. The predicted octanol–water partition coefficient (Wildman–Crippen LogP) is 9.20. The molecule has 67 heavy (non-hydrogen) atoms. The fourth-order valence-corrected chi connectivity index (χ4v) is 9.59. The van der Waals surface area contributed by atoms with Crippen LogP contribution in [0.4, 0.5) is 25.8 Å². The maximum Gasteiger partial charge on any atom is 0.247 e. The van der Waals surface area contributed by atoms with Crippen LogP contribution in [0.2, 0.25) is 0 Å². The summed E-state index contributed by atoms with van der Waals surface area (Å²) in [6.07, 6.45) is 2.60.